The van der Waals surface area contributed by atoms with E-state index >= 15 is 0 Å². The SMILES string of the molecule is CC(=CCCCO)C(=O)O.CC=C(C)C(=O)O. The zero-order valence-electron chi connectivity index (χ0n) is 10.4. The summed E-state index contributed by atoms with van der Waals surface area (Å²) in [5.41, 5.74) is 0.730. The summed E-state index contributed by atoms with van der Waals surface area (Å²) in [5.74, 6) is -1.74. The molecule has 5 heteroatoms. The molecule has 0 aliphatic heterocycles. The van der Waals surface area contributed by atoms with E-state index in [1.54, 1.807) is 32.9 Å². The van der Waals surface area contributed by atoms with E-state index in [-0.39, 0.29) is 6.61 Å². The first-order valence-corrected chi connectivity index (χ1v) is 5.23. The van der Waals surface area contributed by atoms with Crippen LogP contribution < -0.4 is 0 Å². The fraction of sp³-hybridized carbons (Fsp3) is 0.500. The Morgan fingerprint density at radius 1 is 1.06 bits per heavy atom. The van der Waals surface area contributed by atoms with E-state index in [1.807, 2.05) is 0 Å². The first-order chi connectivity index (χ1) is 7.86. The van der Waals surface area contributed by atoms with Gasteiger partial charge in [-0.2, -0.15) is 0 Å². The Bertz CT molecular complexity index is 302. The van der Waals surface area contributed by atoms with Crippen LogP contribution in [0.3, 0.4) is 0 Å². The largest absolute Gasteiger partial charge is 0.478 e. The molecule has 0 aliphatic carbocycles. The number of allylic oxidation sites excluding steroid dienone is 2. The molecule has 98 valence electrons. The van der Waals surface area contributed by atoms with Crippen molar-refractivity contribution >= 4 is 11.9 Å². The number of rotatable bonds is 5. The first-order valence-electron chi connectivity index (χ1n) is 5.23. The van der Waals surface area contributed by atoms with Gasteiger partial charge in [0.2, 0.25) is 0 Å². The number of aliphatic carboxylic acids is 2. The van der Waals surface area contributed by atoms with Gasteiger partial charge < -0.3 is 15.3 Å². The van der Waals surface area contributed by atoms with Crippen molar-refractivity contribution in [2.45, 2.75) is 33.6 Å². The minimum absolute atomic E-state index is 0.114. The van der Waals surface area contributed by atoms with Crippen LogP contribution in [-0.2, 0) is 9.59 Å². The highest BCUT2D eigenvalue weighted by atomic mass is 16.4. The molecule has 5 nitrogen and oxygen atoms in total. The summed E-state index contributed by atoms with van der Waals surface area (Å²) in [6, 6.07) is 0. The highest BCUT2D eigenvalue weighted by Crippen LogP contribution is 1.97. The second-order valence-corrected chi connectivity index (χ2v) is 3.33. The Morgan fingerprint density at radius 2 is 1.53 bits per heavy atom. The van der Waals surface area contributed by atoms with Crippen LogP contribution in [0.15, 0.2) is 23.3 Å². The third kappa shape index (κ3) is 12.3. The Kier molecular flexibility index (Phi) is 11.4. The highest BCUT2D eigenvalue weighted by molar-refractivity contribution is 5.85. The smallest absolute Gasteiger partial charge is 0.330 e. The molecule has 0 atom stereocenters. The molecule has 0 aromatic carbocycles. The lowest BCUT2D eigenvalue weighted by Gasteiger charge is -1.91. The van der Waals surface area contributed by atoms with Crippen LogP contribution >= 0.6 is 0 Å². The molecular weight excluding hydrogens is 224 g/mol. The zero-order chi connectivity index (χ0) is 13.8. The van der Waals surface area contributed by atoms with Gasteiger partial charge in [-0.05, 0) is 33.6 Å². The summed E-state index contributed by atoms with van der Waals surface area (Å²) >= 11 is 0. The average Bonchev–Trinajstić information content (AvgIpc) is 2.28. The van der Waals surface area contributed by atoms with Gasteiger partial charge in [0.25, 0.3) is 0 Å². The molecule has 0 aromatic heterocycles. The number of hydrogen-bond acceptors (Lipinski definition) is 3. The number of aliphatic hydroxyl groups excluding tert-OH is 1. The van der Waals surface area contributed by atoms with Crippen LogP contribution in [0, 0.1) is 0 Å². The Hall–Kier alpha value is -1.62. The zero-order valence-corrected chi connectivity index (χ0v) is 10.4. The van der Waals surface area contributed by atoms with Gasteiger partial charge in [0.05, 0.1) is 0 Å². The topological polar surface area (TPSA) is 94.8 Å². The second-order valence-electron chi connectivity index (χ2n) is 3.33. The number of carboxylic acid groups (broad SMARTS) is 2. The van der Waals surface area contributed by atoms with Gasteiger partial charge in [-0.3, -0.25) is 0 Å². The highest BCUT2D eigenvalue weighted by Gasteiger charge is 1.96. The molecular formula is C12H20O5. The van der Waals surface area contributed by atoms with E-state index in [2.05, 4.69) is 0 Å². The molecule has 0 spiro atoms. The van der Waals surface area contributed by atoms with Gasteiger partial charge >= 0.3 is 11.9 Å². The minimum Gasteiger partial charge on any atom is -0.478 e. The fourth-order valence-electron chi connectivity index (χ4n) is 0.621. The van der Waals surface area contributed by atoms with Crippen molar-refractivity contribution in [1.29, 1.82) is 0 Å². The van der Waals surface area contributed by atoms with E-state index in [0.29, 0.717) is 24.0 Å². The lowest BCUT2D eigenvalue weighted by molar-refractivity contribution is -0.133. The van der Waals surface area contributed by atoms with Crippen molar-refractivity contribution in [3.63, 3.8) is 0 Å². The van der Waals surface area contributed by atoms with Crippen LogP contribution in [0.2, 0.25) is 0 Å². The van der Waals surface area contributed by atoms with E-state index < -0.39 is 11.9 Å². The summed E-state index contributed by atoms with van der Waals surface area (Å²) in [6.07, 6.45) is 4.43. The molecule has 0 radical (unpaired) electrons. The predicted molar refractivity (Wildman–Crippen MR) is 64.8 cm³/mol. The molecule has 0 amide bonds. The number of aliphatic hydroxyl groups is 1. The summed E-state index contributed by atoms with van der Waals surface area (Å²) in [5, 5.41) is 24.8. The predicted octanol–water partition coefficient (Wildman–Crippen LogP) is 1.83. The summed E-state index contributed by atoms with van der Waals surface area (Å²) < 4.78 is 0. The van der Waals surface area contributed by atoms with Crippen molar-refractivity contribution in [2.75, 3.05) is 6.61 Å². The average molecular weight is 244 g/mol. The lowest BCUT2D eigenvalue weighted by atomic mass is 10.2. The maximum atomic E-state index is 10.2. The molecule has 0 saturated carbocycles. The van der Waals surface area contributed by atoms with Crippen molar-refractivity contribution in [1.82, 2.24) is 0 Å². The van der Waals surface area contributed by atoms with Crippen LogP contribution in [0.4, 0.5) is 0 Å². The second kappa shape index (κ2) is 10.9. The van der Waals surface area contributed by atoms with Crippen LogP contribution in [-0.4, -0.2) is 33.9 Å². The van der Waals surface area contributed by atoms with Crippen molar-refractivity contribution < 1.29 is 24.9 Å². The third-order valence-corrected chi connectivity index (χ3v) is 1.92. The van der Waals surface area contributed by atoms with Crippen molar-refractivity contribution in [2.24, 2.45) is 0 Å². The van der Waals surface area contributed by atoms with E-state index in [1.165, 1.54) is 0 Å². The molecule has 0 fully saturated rings. The van der Waals surface area contributed by atoms with Gasteiger partial charge in [0.1, 0.15) is 0 Å². The maximum Gasteiger partial charge on any atom is 0.330 e. The van der Waals surface area contributed by atoms with Crippen LogP contribution in [0.5, 0.6) is 0 Å². The molecule has 17 heavy (non-hydrogen) atoms. The standard InChI is InChI=1S/C7H12O3.C5H8O2/c1-6(7(9)10)4-2-3-5-8;1-3-4(2)5(6)7/h4,8H,2-3,5H2,1H3,(H,9,10);3H,1-2H3,(H,6,7). The van der Waals surface area contributed by atoms with Crippen LogP contribution in [0.1, 0.15) is 33.6 Å². The maximum absolute atomic E-state index is 10.2. The quantitative estimate of drug-likeness (QED) is 0.506. The number of unbranched alkanes of at least 4 members (excludes halogenated alkanes) is 1. The lowest BCUT2D eigenvalue weighted by Crippen LogP contribution is -1.95. The summed E-state index contributed by atoms with van der Waals surface area (Å²) in [6.45, 7) is 4.91. The van der Waals surface area contributed by atoms with Gasteiger partial charge in [-0.15, -0.1) is 0 Å². The Balaban J connectivity index is 0. The Labute approximate surface area is 101 Å². The molecule has 0 bridgehead atoms. The van der Waals surface area contributed by atoms with Crippen LogP contribution in [0.25, 0.3) is 0 Å². The first kappa shape index (κ1) is 17.8. The monoisotopic (exact) mass is 244 g/mol. The minimum atomic E-state index is -0.891. The molecule has 0 unspecified atom stereocenters. The van der Waals surface area contributed by atoms with Crippen molar-refractivity contribution in [3.05, 3.63) is 23.3 Å². The Morgan fingerprint density at radius 3 is 1.76 bits per heavy atom. The summed E-state index contributed by atoms with van der Waals surface area (Å²) in [4.78, 5) is 20.0. The molecule has 0 aromatic rings. The van der Waals surface area contributed by atoms with E-state index in [4.69, 9.17) is 15.3 Å². The summed E-state index contributed by atoms with van der Waals surface area (Å²) in [7, 11) is 0. The number of carbonyl (C=O) groups is 2. The molecule has 0 heterocycles. The number of hydrogen-bond donors (Lipinski definition) is 3. The van der Waals surface area contributed by atoms with Gasteiger partial charge in [0, 0.05) is 17.8 Å². The van der Waals surface area contributed by atoms with E-state index in [9.17, 15) is 9.59 Å². The van der Waals surface area contributed by atoms with Gasteiger partial charge in [-0.25, -0.2) is 9.59 Å². The molecule has 0 saturated heterocycles. The number of carboxylic acids is 2. The van der Waals surface area contributed by atoms with Gasteiger partial charge in [-0.1, -0.05) is 12.2 Å². The fourth-order valence-corrected chi connectivity index (χ4v) is 0.621. The molecule has 0 rings (SSSR count). The van der Waals surface area contributed by atoms with E-state index in [0.717, 1.165) is 0 Å². The third-order valence-electron chi connectivity index (χ3n) is 1.92. The van der Waals surface area contributed by atoms with Gasteiger partial charge in [0.15, 0.2) is 0 Å². The normalized spacial score (nSPS) is 11.5. The molecule has 3 N–H and O–H groups in total. The van der Waals surface area contributed by atoms with Crippen molar-refractivity contribution in [3.8, 4) is 0 Å². The molecule has 0 aliphatic rings.